The number of aryl methyl sites for hydroxylation is 1. The number of likely N-dealkylation sites (N-methyl/N-ethyl adjacent to an activating group) is 1. The molecule has 2 aromatic rings. The van der Waals surface area contributed by atoms with Crippen LogP contribution in [0.4, 0.5) is 10.1 Å². The highest BCUT2D eigenvalue weighted by Gasteiger charge is 2.37. The fourth-order valence-corrected chi connectivity index (χ4v) is 3.34. The molecule has 1 aliphatic carbocycles. The number of fused-ring (bicyclic) bond motifs is 1. The lowest BCUT2D eigenvalue weighted by molar-refractivity contribution is 0.362. The summed E-state index contributed by atoms with van der Waals surface area (Å²) in [6.45, 7) is 0.564. The summed E-state index contributed by atoms with van der Waals surface area (Å²) in [5.41, 5.74) is 9.66. The number of nitrogens with zero attached hydrogens (tertiary/aromatic N) is 1. The van der Waals surface area contributed by atoms with Crippen molar-refractivity contribution in [3.63, 3.8) is 0 Å². The Morgan fingerprint density at radius 1 is 1.14 bits per heavy atom. The highest BCUT2D eigenvalue weighted by atomic mass is 19.1. The second-order valence-corrected chi connectivity index (χ2v) is 5.91. The first-order valence-electron chi connectivity index (χ1n) is 7.41. The average Bonchev–Trinajstić information content (AvgIpc) is 2.53. The topological polar surface area (TPSA) is 29.3 Å². The molecule has 0 bridgehead atoms. The molecule has 0 saturated carbocycles. The number of hydrogen-bond acceptors (Lipinski definition) is 2. The zero-order valence-electron chi connectivity index (χ0n) is 12.3. The highest BCUT2D eigenvalue weighted by molar-refractivity contribution is 5.50. The summed E-state index contributed by atoms with van der Waals surface area (Å²) in [6, 6.07) is 15.3. The zero-order valence-corrected chi connectivity index (χ0v) is 12.3. The third-order valence-electron chi connectivity index (χ3n) is 4.78. The fraction of sp³-hybridized carbons (Fsp3) is 0.333. The van der Waals surface area contributed by atoms with Crippen LogP contribution in [-0.4, -0.2) is 19.1 Å². The van der Waals surface area contributed by atoms with Crippen LogP contribution in [0.25, 0.3) is 0 Å². The Bertz CT molecular complexity index is 641. The Balaban J connectivity index is 1.95. The maximum atomic E-state index is 13.5. The van der Waals surface area contributed by atoms with Gasteiger partial charge in [-0.2, -0.15) is 0 Å². The molecule has 110 valence electrons. The van der Waals surface area contributed by atoms with E-state index in [4.69, 9.17) is 5.73 Å². The molecule has 3 rings (SSSR count). The van der Waals surface area contributed by atoms with E-state index in [9.17, 15) is 4.39 Å². The Kier molecular flexibility index (Phi) is 3.68. The van der Waals surface area contributed by atoms with Gasteiger partial charge in [0.15, 0.2) is 0 Å². The van der Waals surface area contributed by atoms with Gasteiger partial charge in [0.05, 0.1) is 5.54 Å². The van der Waals surface area contributed by atoms with Gasteiger partial charge >= 0.3 is 0 Å². The lowest BCUT2D eigenvalue weighted by Gasteiger charge is -2.46. The van der Waals surface area contributed by atoms with Crippen LogP contribution in [0.5, 0.6) is 0 Å². The number of halogens is 1. The molecular weight excluding hydrogens is 263 g/mol. The van der Waals surface area contributed by atoms with E-state index in [0.717, 1.165) is 24.9 Å². The van der Waals surface area contributed by atoms with Crippen molar-refractivity contribution in [3.8, 4) is 0 Å². The maximum absolute atomic E-state index is 13.5. The maximum Gasteiger partial charge on any atom is 0.125 e. The molecule has 2 aromatic carbocycles. The van der Waals surface area contributed by atoms with Crippen molar-refractivity contribution in [2.75, 3.05) is 18.5 Å². The minimum absolute atomic E-state index is 0.137. The largest absolute Gasteiger partial charge is 0.367 e. The first kappa shape index (κ1) is 14.1. The SMILES string of the molecule is CN(c1cccc(F)c1)C1(CN)CCc2ccccc2C1. The predicted octanol–water partition coefficient (Wildman–Crippen LogP) is 3.15. The molecule has 0 heterocycles. The van der Waals surface area contributed by atoms with Gasteiger partial charge in [-0.05, 0) is 48.6 Å². The molecule has 0 aliphatic heterocycles. The molecular formula is C18H21FN2. The molecule has 1 atom stereocenters. The van der Waals surface area contributed by atoms with E-state index in [0.29, 0.717) is 6.54 Å². The number of rotatable bonds is 3. The monoisotopic (exact) mass is 284 g/mol. The Hall–Kier alpha value is -1.87. The molecule has 0 fully saturated rings. The van der Waals surface area contributed by atoms with Crippen molar-refractivity contribution in [3.05, 3.63) is 65.5 Å². The van der Waals surface area contributed by atoms with E-state index in [2.05, 4.69) is 29.2 Å². The Morgan fingerprint density at radius 2 is 1.90 bits per heavy atom. The van der Waals surface area contributed by atoms with Gasteiger partial charge in [-0.1, -0.05) is 30.3 Å². The van der Waals surface area contributed by atoms with Gasteiger partial charge in [-0.25, -0.2) is 4.39 Å². The van der Waals surface area contributed by atoms with Crippen LogP contribution in [0.3, 0.4) is 0 Å². The van der Waals surface area contributed by atoms with E-state index in [1.54, 1.807) is 12.1 Å². The minimum atomic E-state index is -0.206. The number of benzene rings is 2. The van der Waals surface area contributed by atoms with Gasteiger partial charge in [0.25, 0.3) is 0 Å². The number of hydrogen-bond donors (Lipinski definition) is 1. The summed E-state index contributed by atoms with van der Waals surface area (Å²) in [4.78, 5) is 2.16. The van der Waals surface area contributed by atoms with Crippen LogP contribution in [0.15, 0.2) is 48.5 Å². The molecule has 3 heteroatoms. The van der Waals surface area contributed by atoms with Gasteiger partial charge in [0.1, 0.15) is 5.82 Å². The third-order valence-corrected chi connectivity index (χ3v) is 4.78. The van der Waals surface area contributed by atoms with Gasteiger partial charge in [0.2, 0.25) is 0 Å². The first-order valence-corrected chi connectivity index (χ1v) is 7.41. The summed E-state index contributed by atoms with van der Waals surface area (Å²) < 4.78 is 13.5. The molecule has 0 saturated heterocycles. The molecule has 21 heavy (non-hydrogen) atoms. The van der Waals surface area contributed by atoms with Crippen molar-refractivity contribution in [2.45, 2.75) is 24.8 Å². The summed E-state index contributed by atoms with van der Waals surface area (Å²) in [7, 11) is 2.02. The number of anilines is 1. The molecule has 1 unspecified atom stereocenters. The quantitative estimate of drug-likeness (QED) is 0.938. The average molecular weight is 284 g/mol. The number of nitrogens with two attached hydrogens (primary N) is 1. The Labute approximate surface area is 125 Å². The van der Waals surface area contributed by atoms with Crippen molar-refractivity contribution in [1.29, 1.82) is 0 Å². The molecule has 2 N–H and O–H groups in total. The summed E-state index contributed by atoms with van der Waals surface area (Å²) in [6.07, 6.45) is 2.92. The standard InChI is InChI=1S/C18H21FN2/c1-21(17-8-4-7-16(19)11-17)18(13-20)10-9-14-5-2-3-6-15(14)12-18/h2-8,11H,9-10,12-13,20H2,1H3. The van der Waals surface area contributed by atoms with Crippen LogP contribution in [0.2, 0.25) is 0 Å². The zero-order chi connectivity index (χ0) is 14.9. The van der Waals surface area contributed by atoms with Crippen molar-refractivity contribution >= 4 is 5.69 Å². The van der Waals surface area contributed by atoms with E-state index in [1.165, 1.54) is 17.2 Å². The second-order valence-electron chi connectivity index (χ2n) is 5.91. The summed E-state index contributed by atoms with van der Waals surface area (Å²) in [5, 5.41) is 0. The van der Waals surface area contributed by atoms with Crippen LogP contribution in [-0.2, 0) is 12.8 Å². The fourth-order valence-electron chi connectivity index (χ4n) is 3.34. The van der Waals surface area contributed by atoms with Crippen molar-refractivity contribution in [1.82, 2.24) is 0 Å². The van der Waals surface area contributed by atoms with Gasteiger partial charge < -0.3 is 10.6 Å². The molecule has 1 aliphatic rings. The van der Waals surface area contributed by atoms with Gasteiger partial charge in [-0.3, -0.25) is 0 Å². The third kappa shape index (κ3) is 2.54. The van der Waals surface area contributed by atoms with Crippen LogP contribution >= 0.6 is 0 Å². The molecule has 0 radical (unpaired) electrons. The smallest absolute Gasteiger partial charge is 0.125 e. The molecule has 2 nitrogen and oxygen atoms in total. The van der Waals surface area contributed by atoms with E-state index in [-0.39, 0.29) is 11.4 Å². The van der Waals surface area contributed by atoms with Crippen LogP contribution in [0.1, 0.15) is 17.5 Å². The van der Waals surface area contributed by atoms with Crippen molar-refractivity contribution in [2.24, 2.45) is 5.73 Å². The van der Waals surface area contributed by atoms with Crippen LogP contribution in [0, 0.1) is 5.82 Å². The normalized spacial score (nSPS) is 20.9. The summed E-state index contributed by atoms with van der Waals surface area (Å²) >= 11 is 0. The van der Waals surface area contributed by atoms with E-state index < -0.39 is 0 Å². The molecule has 0 aromatic heterocycles. The second kappa shape index (κ2) is 5.49. The predicted molar refractivity (Wildman–Crippen MR) is 85.1 cm³/mol. The molecule has 0 spiro atoms. The van der Waals surface area contributed by atoms with Gasteiger partial charge in [-0.15, -0.1) is 0 Å². The lowest BCUT2D eigenvalue weighted by atomic mass is 9.76. The Morgan fingerprint density at radius 3 is 2.62 bits per heavy atom. The van der Waals surface area contributed by atoms with E-state index >= 15 is 0 Å². The molecule has 0 amide bonds. The highest BCUT2D eigenvalue weighted by Crippen LogP contribution is 2.35. The lowest BCUT2D eigenvalue weighted by Crippen LogP contribution is -2.56. The first-order chi connectivity index (χ1) is 10.1. The van der Waals surface area contributed by atoms with E-state index in [1.807, 2.05) is 13.1 Å². The van der Waals surface area contributed by atoms with Gasteiger partial charge in [0, 0.05) is 19.3 Å². The van der Waals surface area contributed by atoms with Crippen molar-refractivity contribution < 1.29 is 4.39 Å². The summed E-state index contributed by atoms with van der Waals surface area (Å²) in [5.74, 6) is -0.206. The van der Waals surface area contributed by atoms with Crippen LogP contribution < -0.4 is 10.6 Å². The minimum Gasteiger partial charge on any atom is -0.367 e.